The van der Waals surface area contributed by atoms with Crippen LogP contribution in [0.2, 0.25) is 0 Å². The molecule has 0 saturated heterocycles. The van der Waals surface area contributed by atoms with E-state index in [1.54, 1.807) is 0 Å². The Kier molecular flexibility index (Phi) is 9.19. The van der Waals surface area contributed by atoms with Gasteiger partial charge in [0.25, 0.3) is 0 Å². The predicted octanol–water partition coefficient (Wildman–Crippen LogP) is -4.42. The van der Waals surface area contributed by atoms with Gasteiger partial charge in [-0.25, -0.2) is 8.42 Å². The Morgan fingerprint density at radius 3 is 2.33 bits per heavy atom. The molecule has 0 aromatic carbocycles. The van der Waals surface area contributed by atoms with Crippen LogP contribution < -0.4 is 40.8 Å². The Labute approximate surface area is 93.5 Å². The Hall–Kier alpha value is 0.790. The fourth-order valence-electron chi connectivity index (χ4n) is 0.577. The molecule has 0 rings (SSSR count). The quantitative estimate of drug-likeness (QED) is 0.237. The Bertz CT molecular complexity index is 195. The summed E-state index contributed by atoms with van der Waals surface area (Å²) in [6.07, 6.45) is 0.401. The number of hydrogen-bond acceptors (Lipinski definition) is 6. The van der Waals surface area contributed by atoms with Crippen LogP contribution in [0.15, 0.2) is 0 Å². The molecule has 0 spiro atoms. The van der Waals surface area contributed by atoms with Gasteiger partial charge >= 0.3 is 29.6 Å². The van der Waals surface area contributed by atoms with Crippen molar-refractivity contribution < 1.29 is 47.7 Å². The van der Waals surface area contributed by atoms with Crippen molar-refractivity contribution in [2.45, 2.75) is 18.2 Å². The van der Waals surface area contributed by atoms with Crippen molar-refractivity contribution in [3.63, 3.8) is 0 Å². The zero-order valence-corrected chi connectivity index (χ0v) is 9.67. The number of nitrogens with one attached hydrogen (secondary N) is 1. The summed E-state index contributed by atoms with van der Waals surface area (Å²) >= 11 is 0. The van der Waals surface area contributed by atoms with Gasteiger partial charge in [0.2, 0.25) is 0 Å². The molecule has 0 saturated carbocycles. The van der Waals surface area contributed by atoms with E-state index in [-0.39, 0.29) is 42.5 Å². The zero-order valence-electron chi connectivity index (χ0n) is 6.86. The van der Waals surface area contributed by atoms with E-state index in [9.17, 15) is 13.0 Å². The molecule has 0 radical (unpaired) electrons. The average Bonchev–Trinajstić information content (AvgIpc) is 1.87. The third-order valence-electron chi connectivity index (χ3n) is 1.16. The van der Waals surface area contributed by atoms with Gasteiger partial charge in [0, 0.05) is 0 Å². The summed E-state index contributed by atoms with van der Waals surface area (Å²) in [5.74, 6) is 0. The van der Waals surface area contributed by atoms with Crippen LogP contribution in [0.4, 0.5) is 0 Å². The summed E-state index contributed by atoms with van der Waals surface area (Å²) in [6, 6.07) is 0. The van der Waals surface area contributed by atoms with Gasteiger partial charge < -0.3 is 15.5 Å². The minimum Gasteiger partial charge on any atom is -0.747 e. The van der Waals surface area contributed by atoms with Crippen LogP contribution in [0, 0.1) is 0 Å². The molecule has 0 aliphatic rings. The largest absolute Gasteiger partial charge is 1.00 e. The molecule has 1 unspecified atom stereocenters. The summed E-state index contributed by atoms with van der Waals surface area (Å²) in [7, 11) is -4.45. The zero-order chi connectivity index (χ0) is 8.91. The number of rotatable bonds is 5. The molecule has 68 valence electrons. The molecular weight excluding hydrogens is 195 g/mol. The summed E-state index contributed by atoms with van der Waals surface area (Å²) < 4.78 is 30.7. The van der Waals surface area contributed by atoms with Gasteiger partial charge in [0.1, 0.15) is 15.5 Å². The third kappa shape index (κ3) is 6.32. The van der Waals surface area contributed by atoms with E-state index in [4.69, 9.17) is 10.9 Å². The smallest absolute Gasteiger partial charge is 0.747 e. The molecule has 0 heterocycles. The van der Waals surface area contributed by atoms with Crippen molar-refractivity contribution in [1.29, 1.82) is 0 Å². The molecule has 0 aliphatic heterocycles. The van der Waals surface area contributed by atoms with E-state index in [1.165, 1.54) is 5.48 Å². The fraction of sp³-hybridized carbons (Fsp3) is 1.00. The van der Waals surface area contributed by atoms with E-state index in [2.05, 4.69) is 0 Å². The minimum atomic E-state index is -4.45. The standard InChI is InChI=1S/C4H12N2O4S.Na/c5-3-1-2-4(6-7)11(8,9)10;/h4,6-7H,1-3,5H2,(H,8,9,10);/q;+1/p-1. The first-order chi connectivity index (χ1) is 5.02. The summed E-state index contributed by atoms with van der Waals surface area (Å²) in [5.41, 5.74) is 6.49. The Morgan fingerprint density at radius 2 is 2.08 bits per heavy atom. The molecule has 4 N–H and O–H groups in total. The van der Waals surface area contributed by atoms with E-state index < -0.39 is 15.5 Å². The summed E-state index contributed by atoms with van der Waals surface area (Å²) in [6.45, 7) is 0.285. The van der Waals surface area contributed by atoms with Gasteiger partial charge in [-0.3, -0.25) is 0 Å². The van der Waals surface area contributed by atoms with Gasteiger partial charge in [-0.05, 0) is 19.4 Å². The van der Waals surface area contributed by atoms with E-state index in [0.29, 0.717) is 6.42 Å². The number of hydrogen-bond donors (Lipinski definition) is 3. The van der Waals surface area contributed by atoms with Gasteiger partial charge in [0.15, 0.2) is 0 Å². The van der Waals surface area contributed by atoms with Crippen LogP contribution in [-0.4, -0.2) is 30.1 Å². The SMILES string of the molecule is NCCCC(NO)S(=O)(=O)[O-].[Na+]. The van der Waals surface area contributed by atoms with Crippen LogP contribution in [0.3, 0.4) is 0 Å². The first-order valence-electron chi connectivity index (χ1n) is 3.06. The topological polar surface area (TPSA) is 115 Å². The van der Waals surface area contributed by atoms with Gasteiger partial charge in [0.05, 0.1) is 0 Å². The second-order valence-corrected chi connectivity index (χ2v) is 3.60. The van der Waals surface area contributed by atoms with Crippen LogP contribution in [0.1, 0.15) is 12.8 Å². The second-order valence-electron chi connectivity index (χ2n) is 2.04. The summed E-state index contributed by atoms with van der Waals surface area (Å²) in [4.78, 5) is 0. The van der Waals surface area contributed by atoms with Crippen molar-refractivity contribution in [2.75, 3.05) is 6.54 Å². The maximum Gasteiger partial charge on any atom is 1.00 e. The Morgan fingerprint density at radius 1 is 1.58 bits per heavy atom. The molecule has 0 aromatic heterocycles. The monoisotopic (exact) mass is 206 g/mol. The molecule has 6 nitrogen and oxygen atoms in total. The van der Waals surface area contributed by atoms with Crippen molar-refractivity contribution in [3.05, 3.63) is 0 Å². The predicted molar refractivity (Wildman–Crippen MR) is 36.7 cm³/mol. The molecule has 8 heteroatoms. The molecule has 0 aliphatic carbocycles. The van der Waals surface area contributed by atoms with Crippen LogP contribution in [0.25, 0.3) is 0 Å². The van der Waals surface area contributed by atoms with Crippen molar-refractivity contribution in [1.82, 2.24) is 5.48 Å². The molecule has 0 aromatic rings. The minimum absolute atomic E-state index is 0. The van der Waals surface area contributed by atoms with Crippen LogP contribution in [-0.2, 0) is 10.1 Å². The van der Waals surface area contributed by atoms with Gasteiger partial charge in [-0.2, -0.15) is 5.48 Å². The third-order valence-corrected chi connectivity index (χ3v) is 2.20. The molecule has 1 atom stereocenters. The van der Waals surface area contributed by atoms with Gasteiger partial charge in [-0.1, -0.05) is 0 Å². The molecule has 12 heavy (non-hydrogen) atoms. The van der Waals surface area contributed by atoms with Crippen LogP contribution >= 0.6 is 0 Å². The van der Waals surface area contributed by atoms with Crippen molar-refractivity contribution in [3.8, 4) is 0 Å². The molecule has 0 amide bonds. The first-order valence-corrected chi connectivity index (χ1v) is 4.54. The number of hydroxylamine groups is 1. The van der Waals surface area contributed by atoms with Crippen molar-refractivity contribution >= 4 is 10.1 Å². The van der Waals surface area contributed by atoms with E-state index in [0.717, 1.165) is 0 Å². The Balaban J connectivity index is 0. The summed E-state index contributed by atoms with van der Waals surface area (Å²) in [5, 5.41) is 6.78. The molecular formula is C4H11N2NaO4S. The average molecular weight is 206 g/mol. The van der Waals surface area contributed by atoms with E-state index in [1.807, 2.05) is 0 Å². The van der Waals surface area contributed by atoms with Gasteiger partial charge in [-0.15, -0.1) is 0 Å². The fourth-order valence-corrected chi connectivity index (χ4v) is 1.16. The molecule has 0 bridgehead atoms. The maximum atomic E-state index is 10.2. The van der Waals surface area contributed by atoms with Crippen molar-refractivity contribution in [2.24, 2.45) is 5.73 Å². The molecule has 0 fully saturated rings. The van der Waals surface area contributed by atoms with Crippen LogP contribution in [0.5, 0.6) is 0 Å². The van der Waals surface area contributed by atoms with E-state index >= 15 is 0 Å². The maximum absolute atomic E-state index is 10.2. The normalized spacial score (nSPS) is 13.6. The number of nitrogens with two attached hydrogens (primary N) is 1. The second kappa shape index (κ2) is 7.22. The first kappa shape index (κ1) is 15.3.